The van der Waals surface area contributed by atoms with Crippen molar-refractivity contribution in [2.45, 2.75) is 32.6 Å². The first kappa shape index (κ1) is 10.7. The van der Waals surface area contributed by atoms with E-state index in [2.05, 4.69) is 12.2 Å². The molecule has 0 amide bonds. The van der Waals surface area contributed by atoms with Crippen LogP contribution in [-0.4, -0.2) is 19.9 Å². The first-order valence-corrected chi connectivity index (χ1v) is 5.41. The van der Waals surface area contributed by atoms with Crippen molar-refractivity contribution in [1.29, 1.82) is 0 Å². The molecule has 13 heavy (non-hydrogen) atoms. The molecule has 2 unspecified atom stereocenters. The Morgan fingerprint density at radius 1 is 1.31 bits per heavy atom. The van der Waals surface area contributed by atoms with Crippen molar-refractivity contribution in [3.05, 3.63) is 0 Å². The minimum absolute atomic E-state index is 1.08. The zero-order valence-electron chi connectivity index (χ0n) is 8.59. The molecular weight excluding hydrogens is 162 g/mol. The Morgan fingerprint density at radius 3 is 2.38 bits per heavy atom. The minimum atomic E-state index is 1.08. The van der Waals surface area contributed by atoms with Crippen LogP contribution in [0.1, 0.15) is 32.6 Å². The fraction of sp³-hybridized carbons (Fsp3) is 0.909. The average Bonchev–Trinajstić information content (AvgIpc) is 3.01. The summed E-state index contributed by atoms with van der Waals surface area (Å²) in [6, 6.07) is 0. The van der Waals surface area contributed by atoms with Crippen molar-refractivity contribution < 1.29 is 4.79 Å². The Balaban J connectivity index is 0.000000396. The van der Waals surface area contributed by atoms with Gasteiger partial charge in [-0.1, -0.05) is 13.3 Å². The molecule has 2 heteroatoms. The number of piperidine rings is 1. The molecule has 2 rings (SSSR count). The standard InChI is InChI=1S/C10H19N.CH2O/c1-2-8-7-10(8)9-3-5-11-6-4-9;1-2/h8-11H,2-7H2,1H3;1H2. The summed E-state index contributed by atoms with van der Waals surface area (Å²) in [4.78, 5) is 8.00. The van der Waals surface area contributed by atoms with Crippen LogP contribution in [0.15, 0.2) is 0 Å². The van der Waals surface area contributed by atoms with E-state index >= 15 is 0 Å². The normalized spacial score (nSPS) is 33.3. The summed E-state index contributed by atoms with van der Waals surface area (Å²) in [6.45, 7) is 6.89. The molecule has 2 nitrogen and oxygen atoms in total. The highest BCUT2D eigenvalue weighted by Gasteiger charge is 2.41. The zero-order chi connectivity index (χ0) is 9.68. The molecular formula is C11H21NO. The van der Waals surface area contributed by atoms with Crippen molar-refractivity contribution in [1.82, 2.24) is 5.32 Å². The summed E-state index contributed by atoms with van der Waals surface area (Å²) >= 11 is 0. The molecule has 2 aliphatic rings. The van der Waals surface area contributed by atoms with E-state index in [-0.39, 0.29) is 0 Å². The van der Waals surface area contributed by atoms with E-state index in [1.165, 1.54) is 32.4 Å². The van der Waals surface area contributed by atoms with Crippen LogP contribution in [0.4, 0.5) is 0 Å². The molecule has 1 saturated heterocycles. The SMILES string of the molecule is C=O.CCC1CC1C1CCNCC1. The second-order valence-corrected chi connectivity index (χ2v) is 4.16. The smallest absolute Gasteiger partial charge is 0.106 e. The second kappa shape index (κ2) is 5.38. The van der Waals surface area contributed by atoms with Gasteiger partial charge in [-0.3, -0.25) is 0 Å². The van der Waals surface area contributed by atoms with E-state index in [1.807, 2.05) is 6.79 Å². The van der Waals surface area contributed by atoms with Gasteiger partial charge in [0.1, 0.15) is 6.79 Å². The highest BCUT2D eigenvalue weighted by Crippen LogP contribution is 2.48. The molecule has 1 N–H and O–H groups in total. The summed E-state index contributed by atoms with van der Waals surface area (Å²) in [5.41, 5.74) is 0. The van der Waals surface area contributed by atoms with E-state index in [4.69, 9.17) is 4.79 Å². The highest BCUT2D eigenvalue weighted by molar-refractivity contribution is 5.11. The number of hydrogen-bond donors (Lipinski definition) is 1. The number of carbonyl (C=O) groups excluding carboxylic acids is 1. The second-order valence-electron chi connectivity index (χ2n) is 4.16. The lowest BCUT2D eigenvalue weighted by atomic mass is 9.91. The summed E-state index contributed by atoms with van der Waals surface area (Å²) < 4.78 is 0. The molecule has 0 spiro atoms. The molecule has 0 aromatic heterocycles. The third kappa shape index (κ3) is 2.80. The predicted molar refractivity (Wildman–Crippen MR) is 54.6 cm³/mol. The van der Waals surface area contributed by atoms with E-state index in [9.17, 15) is 0 Å². The third-order valence-electron chi connectivity index (χ3n) is 3.49. The zero-order valence-corrected chi connectivity index (χ0v) is 8.59. The first-order chi connectivity index (χ1) is 6.42. The van der Waals surface area contributed by atoms with Crippen LogP contribution in [0.5, 0.6) is 0 Å². The van der Waals surface area contributed by atoms with Crippen LogP contribution in [0.3, 0.4) is 0 Å². The summed E-state index contributed by atoms with van der Waals surface area (Å²) in [6.07, 6.45) is 5.86. The van der Waals surface area contributed by atoms with Crippen LogP contribution in [0, 0.1) is 17.8 Å². The quantitative estimate of drug-likeness (QED) is 0.708. The first-order valence-electron chi connectivity index (χ1n) is 5.41. The molecule has 2 fully saturated rings. The maximum Gasteiger partial charge on any atom is 0.106 e. The Hall–Kier alpha value is -0.370. The van der Waals surface area contributed by atoms with Gasteiger partial charge in [0, 0.05) is 0 Å². The van der Waals surface area contributed by atoms with Gasteiger partial charge in [0.05, 0.1) is 0 Å². The lowest BCUT2D eigenvalue weighted by molar-refractivity contribution is -0.0979. The van der Waals surface area contributed by atoms with Crippen molar-refractivity contribution in [2.75, 3.05) is 13.1 Å². The van der Waals surface area contributed by atoms with E-state index in [0.717, 1.165) is 17.8 Å². The van der Waals surface area contributed by atoms with E-state index in [0.29, 0.717) is 0 Å². The Labute approximate surface area is 81.1 Å². The fourth-order valence-electron chi connectivity index (χ4n) is 2.59. The van der Waals surface area contributed by atoms with E-state index < -0.39 is 0 Å². The number of rotatable bonds is 2. The largest absolute Gasteiger partial charge is 0.317 e. The Bertz CT molecular complexity index is 143. The van der Waals surface area contributed by atoms with Crippen LogP contribution >= 0.6 is 0 Å². The lowest BCUT2D eigenvalue weighted by Gasteiger charge is -2.22. The minimum Gasteiger partial charge on any atom is -0.317 e. The molecule has 2 atom stereocenters. The van der Waals surface area contributed by atoms with Crippen LogP contribution in [0.2, 0.25) is 0 Å². The van der Waals surface area contributed by atoms with E-state index in [1.54, 1.807) is 6.42 Å². The fourth-order valence-corrected chi connectivity index (χ4v) is 2.59. The summed E-state index contributed by atoms with van der Waals surface area (Å²) in [5, 5.41) is 3.43. The summed E-state index contributed by atoms with van der Waals surface area (Å²) in [7, 11) is 0. The van der Waals surface area contributed by atoms with Gasteiger partial charge >= 0.3 is 0 Å². The maximum atomic E-state index is 8.00. The van der Waals surface area contributed by atoms with Gasteiger partial charge in [-0.15, -0.1) is 0 Å². The van der Waals surface area contributed by atoms with Gasteiger partial charge in [-0.05, 0) is 50.1 Å². The van der Waals surface area contributed by atoms with Gasteiger partial charge in [-0.25, -0.2) is 0 Å². The molecule has 0 aromatic carbocycles. The van der Waals surface area contributed by atoms with Crippen molar-refractivity contribution in [2.24, 2.45) is 17.8 Å². The summed E-state index contributed by atoms with van der Waals surface area (Å²) in [5.74, 6) is 3.32. The lowest BCUT2D eigenvalue weighted by Crippen LogP contribution is -2.28. The van der Waals surface area contributed by atoms with Crippen LogP contribution in [0.25, 0.3) is 0 Å². The molecule has 1 aliphatic carbocycles. The van der Waals surface area contributed by atoms with Gasteiger partial charge in [0.2, 0.25) is 0 Å². The van der Waals surface area contributed by atoms with Crippen LogP contribution in [-0.2, 0) is 4.79 Å². The third-order valence-corrected chi connectivity index (χ3v) is 3.49. The molecule has 1 heterocycles. The Morgan fingerprint density at radius 2 is 1.92 bits per heavy atom. The molecule has 0 radical (unpaired) electrons. The van der Waals surface area contributed by atoms with Gasteiger partial charge < -0.3 is 10.1 Å². The number of hydrogen-bond acceptors (Lipinski definition) is 2. The van der Waals surface area contributed by atoms with Gasteiger partial charge in [0.15, 0.2) is 0 Å². The van der Waals surface area contributed by atoms with Crippen molar-refractivity contribution in [3.63, 3.8) is 0 Å². The van der Waals surface area contributed by atoms with Gasteiger partial charge in [-0.2, -0.15) is 0 Å². The van der Waals surface area contributed by atoms with Crippen molar-refractivity contribution in [3.8, 4) is 0 Å². The van der Waals surface area contributed by atoms with Crippen molar-refractivity contribution >= 4 is 6.79 Å². The average molecular weight is 183 g/mol. The van der Waals surface area contributed by atoms with Gasteiger partial charge in [0.25, 0.3) is 0 Å². The molecule has 1 saturated carbocycles. The monoisotopic (exact) mass is 183 g/mol. The Kier molecular flexibility index (Phi) is 4.43. The molecule has 1 aliphatic heterocycles. The molecule has 76 valence electrons. The molecule has 0 bridgehead atoms. The number of carbonyl (C=O) groups is 1. The topological polar surface area (TPSA) is 29.1 Å². The number of nitrogens with one attached hydrogen (secondary N) is 1. The van der Waals surface area contributed by atoms with Crippen LogP contribution < -0.4 is 5.32 Å². The highest BCUT2D eigenvalue weighted by atomic mass is 16.1. The molecule has 0 aromatic rings. The predicted octanol–water partition coefficient (Wildman–Crippen LogP) is 1.85. The maximum absolute atomic E-state index is 8.00.